The summed E-state index contributed by atoms with van der Waals surface area (Å²) in [5.74, 6) is 0. The Bertz CT molecular complexity index is 356. The van der Waals surface area contributed by atoms with Crippen LogP contribution >= 0.6 is 0 Å². The fourth-order valence-electron chi connectivity index (χ4n) is 1.77. The predicted octanol–water partition coefficient (Wildman–Crippen LogP) is 3.34. The molecule has 2 nitrogen and oxygen atoms in total. The molecule has 96 valence electrons. The molecular weight excluding hydrogens is 210 g/mol. The maximum atomic E-state index is 6.20. The smallest absolute Gasteiger partial charge is 0.0720 e. The Morgan fingerprint density at radius 1 is 1.18 bits per heavy atom. The molecule has 0 saturated heterocycles. The van der Waals surface area contributed by atoms with Crippen LogP contribution in [-0.4, -0.2) is 12.1 Å². The lowest BCUT2D eigenvalue weighted by atomic mass is 9.95. The molecule has 17 heavy (non-hydrogen) atoms. The van der Waals surface area contributed by atoms with Gasteiger partial charge in [0.2, 0.25) is 0 Å². The van der Waals surface area contributed by atoms with Gasteiger partial charge in [-0.1, -0.05) is 37.6 Å². The van der Waals surface area contributed by atoms with Gasteiger partial charge in [-0.15, -0.1) is 0 Å². The van der Waals surface area contributed by atoms with E-state index in [9.17, 15) is 0 Å². The SMILES string of the molecule is CCC(N)(CC)COCc1cc(C)ccc1C. The Balaban J connectivity index is 2.53. The molecule has 0 bridgehead atoms. The van der Waals surface area contributed by atoms with E-state index in [2.05, 4.69) is 45.9 Å². The zero-order chi connectivity index (χ0) is 12.9. The molecule has 0 spiro atoms. The van der Waals surface area contributed by atoms with E-state index < -0.39 is 0 Å². The highest BCUT2D eigenvalue weighted by atomic mass is 16.5. The van der Waals surface area contributed by atoms with Gasteiger partial charge in [0.25, 0.3) is 0 Å². The molecule has 0 aliphatic rings. The van der Waals surface area contributed by atoms with Gasteiger partial charge in [-0.2, -0.15) is 0 Å². The van der Waals surface area contributed by atoms with E-state index in [0.29, 0.717) is 13.2 Å². The minimum Gasteiger partial charge on any atom is -0.375 e. The van der Waals surface area contributed by atoms with Gasteiger partial charge < -0.3 is 10.5 Å². The number of benzene rings is 1. The monoisotopic (exact) mass is 235 g/mol. The third-order valence-electron chi connectivity index (χ3n) is 3.56. The molecule has 1 aromatic rings. The van der Waals surface area contributed by atoms with Crippen molar-refractivity contribution in [2.24, 2.45) is 5.73 Å². The average molecular weight is 235 g/mol. The molecule has 2 N–H and O–H groups in total. The number of aryl methyl sites for hydroxylation is 2. The molecular formula is C15H25NO. The van der Waals surface area contributed by atoms with E-state index in [1.807, 2.05) is 0 Å². The van der Waals surface area contributed by atoms with Gasteiger partial charge in [-0.05, 0) is 37.8 Å². The first kappa shape index (κ1) is 14.2. The highest BCUT2D eigenvalue weighted by Gasteiger charge is 2.20. The standard InChI is InChI=1S/C15H25NO/c1-5-15(16,6-2)11-17-10-14-9-12(3)7-8-13(14)4/h7-9H,5-6,10-11,16H2,1-4H3. The van der Waals surface area contributed by atoms with Crippen LogP contribution in [0, 0.1) is 13.8 Å². The molecule has 1 rings (SSSR count). The van der Waals surface area contributed by atoms with E-state index in [-0.39, 0.29) is 5.54 Å². The third kappa shape index (κ3) is 4.14. The van der Waals surface area contributed by atoms with Crippen molar-refractivity contribution in [1.29, 1.82) is 0 Å². The summed E-state index contributed by atoms with van der Waals surface area (Å²) in [6.45, 7) is 9.75. The molecule has 0 radical (unpaired) electrons. The molecule has 0 amide bonds. The van der Waals surface area contributed by atoms with Crippen LogP contribution in [-0.2, 0) is 11.3 Å². The van der Waals surface area contributed by atoms with Crippen molar-refractivity contribution in [3.8, 4) is 0 Å². The molecule has 0 fully saturated rings. The van der Waals surface area contributed by atoms with Gasteiger partial charge in [0, 0.05) is 5.54 Å². The maximum Gasteiger partial charge on any atom is 0.0720 e. The summed E-state index contributed by atoms with van der Waals surface area (Å²) in [6.07, 6.45) is 1.91. The van der Waals surface area contributed by atoms with Gasteiger partial charge in [0.15, 0.2) is 0 Å². The summed E-state index contributed by atoms with van der Waals surface area (Å²) in [5, 5.41) is 0. The van der Waals surface area contributed by atoms with Crippen LogP contribution < -0.4 is 5.73 Å². The van der Waals surface area contributed by atoms with Gasteiger partial charge in [0.05, 0.1) is 13.2 Å². The lowest BCUT2D eigenvalue weighted by Crippen LogP contribution is -2.43. The van der Waals surface area contributed by atoms with Crippen LogP contribution in [0.2, 0.25) is 0 Å². The van der Waals surface area contributed by atoms with E-state index >= 15 is 0 Å². The molecule has 0 aromatic heterocycles. The second kappa shape index (κ2) is 6.18. The van der Waals surface area contributed by atoms with Gasteiger partial charge in [0.1, 0.15) is 0 Å². The summed E-state index contributed by atoms with van der Waals surface area (Å²) in [5.41, 5.74) is 9.86. The summed E-state index contributed by atoms with van der Waals surface area (Å²) < 4.78 is 5.78. The molecule has 2 heteroatoms. The lowest BCUT2D eigenvalue weighted by molar-refractivity contribution is 0.0693. The summed E-state index contributed by atoms with van der Waals surface area (Å²) in [7, 11) is 0. The molecule has 1 aromatic carbocycles. The fourth-order valence-corrected chi connectivity index (χ4v) is 1.77. The zero-order valence-electron chi connectivity index (χ0n) is 11.5. The number of hydrogen-bond acceptors (Lipinski definition) is 2. The molecule has 0 aliphatic heterocycles. The topological polar surface area (TPSA) is 35.2 Å². The van der Waals surface area contributed by atoms with Crippen LogP contribution in [0.3, 0.4) is 0 Å². The fraction of sp³-hybridized carbons (Fsp3) is 0.600. The highest BCUT2D eigenvalue weighted by molar-refractivity contribution is 5.29. The predicted molar refractivity (Wildman–Crippen MR) is 73.1 cm³/mol. The molecule has 0 unspecified atom stereocenters. The van der Waals surface area contributed by atoms with Crippen molar-refractivity contribution < 1.29 is 4.74 Å². The Morgan fingerprint density at radius 3 is 2.41 bits per heavy atom. The van der Waals surface area contributed by atoms with Crippen LogP contribution in [0.5, 0.6) is 0 Å². The Hall–Kier alpha value is -0.860. The van der Waals surface area contributed by atoms with Crippen molar-refractivity contribution in [3.63, 3.8) is 0 Å². The van der Waals surface area contributed by atoms with Crippen LogP contribution in [0.1, 0.15) is 43.4 Å². The third-order valence-corrected chi connectivity index (χ3v) is 3.56. The van der Waals surface area contributed by atoms with Gasteiger partial charge in [-0.3, -0.25) is 0 Å². The second-order valence-corrected chi connectivity index (χ2v) is 4.99. The van der Waals surface area contributed by atoms with E-state index in [4.69, 9.17) is 10.5 Å². The van der Waals surface area contributed by atoms with Crippen molar-refractivity contribution in [3.05, 3.63) is 34.9 Å². The van der Waals surface area contributed by atoms with Crippen LogP contribution in [0.15, 0.2) is 18.2 Å². The van der Waals surface area contributed by atoms with E-state index in [0.717, 1.165) is 12.8 Å². The van der Waals surface area contributed by atoms with Crippen LogP contribution in [0.25, 0.3) is 0 Å². The maximum absolute atomic E-state index is 6.20. The summed E-state index contributed by atoms with van der Waals surface area (Å²) in [6, 6.07) is 6.46. The first-order valence-electron chi connectivity index (χ1n) is 6.43. The first-order valence-corrected chi connectivity index (χ1v) is 6.43. The van der Waals surface area contributed by atoms with E-state index in [1.165, 1.54) is 16.7 Å². The Kier molecular flexibility index (Phi) is 5.16. The molecule has 0 saturated carbocycles. The number of rotatable bonds is 6. The number of nitrogens with two attached hydrogens (primary N) is 1. The summed E-state index contributed by atoms with van der Waals surface area (Å²) in [4.78, 5) is 0. The number of ether oxygens (including phenoxy) is 1. The second-order valence-electron chi connectivity index (χ2n) is 4.99. The highest BCUT2D eigenvalue weighted by Crippen LogP contribution is 2.15. The van der Waals surface area contributed by atoms with Crippen molar-refractivity contribution in [1.82, 2.24) is 0 Å². The normalized spacial score (nSPS) is 11.8. The van der Waals surface area contributed by atoms with Crippen LogP contribution in [0.4, 0.5) is 0 Å². The van der Waals surface area contributed by atoms with Crippen molar-refractivity contribution in [2.45, 2.75) is 52.7 Å². The quantitative estimate of drug-likeness (QED) is 0.820. The largest absolute Gasteiger partial charge is 0.375 e. The first-order chi connectivity index (χ1) is 8.00. The van der Waals surface area contributed by atoms with Crippen molar-refractivity contribution >= 4 is 0 Å². The minimum absolute atomic E-state index is 0.169. The lowest BCUT2D eigenvalue weighted by Gasteiger charge is -2.26. The number of hydrogen-bond donors (Lipinski definition) is 1. The van der Waals surface area contributed by atoms with Gasteiger partial charge >= 0.3 is 0 Å². The average Bonchev–Trinajstić information content (AvgIpc) is 2.33. The Labute approximate surface area is 105 Å². The molecule has 0 atom stereocenters. The van der Waals surface area contributed by atoms with Gasteiger partial charge in [-0.25, -0.2) is 0 Å². The molecule has 0 heterocycles. The minimum atomic E-state index is -0.169. The summed E-state index contributed by atoms with van der Waals surface area (Å²) >= 11 is 0. The zero-order valence-corrected chi connectivity index (χ0v) is 11.5. The van der Waals surface area contributed by atoms with Crippen molar-refractivity contribution in [2.75, 3.05) is 6.61 Å². The molecule has 0 aliphatic carbocycles. The van der Waals surface area contributed by atoms with E-state index in [1.54, 1.807) is 0 Å². The Morgan fingerprint density at radius 2 is 1.82 bits per heavy atom.